The van der Waals surface area contributed by atoms with E-state index in [1.165, 1.54) is 6.92 Å². The van der Waals surface area contributed by atoms with Crippen LogP contribution in [-0.4, -0.2) is 18.0 Å². The minimum absolute atomic E-state index is 0.493. The van der Waals surface area contributed by atoms with Crippen LogP contribution in [-0.2, 0) is 10.1 Å². The summed E-state index contributed by atoms with van der Waals surface area (Å²) in [4.78, 5) is 2.70. The van der Waals surface area contributed by atoms with Crippen LogP contribution in [0.2, 0.25) is 0 Å². The van der Waals surface area contributed by atoms with Crippen molar-refractivity contribution < 1.29 is 13.0 Å². The highest BCUT2D eigenvalue weighted by Gasteiger charge is 2.19. The van der Waals surface area contributed by atoms with Crippen LogP contribution in [0.3, 0.4) is 0 Å². The Morgan fingerprint density at radius 1 is 1.64 bits per heavy atom. The average Bonchev–Trinajstić information content (AvgIpc) is 2.34. The lowest BCUT2D eigenvalue weighted by molar-refractivity contribution is 0.471. The van der Waals surface area contributed by atoms with Gasteiger partial charge in [0.2, 0.25) is 0 Å². The summed E-state index contributed by atoms with van der Waals surface area (Å²) in [6, 6.07) is 3.29. The van der Waals surface area contributed by atoms with Gasteiger partial charge in [0.25, 0.3) is 10.1 Å². The number of H-pyrrole nitrogens is 1. The van der Waals surface area contributed by atoms with Crippen LogP contribution in [0.15, 0.2) is 18.3 Å². The predicted molar refractivity (Wildman–Crippen MR) is 40.8 cm³/mol. The Hall–Kier alpha value is -0.810. The standard InChI is InChI=1S/C6H9NO3S/c1-5(11(8,9)10)6-3-2-4-7-6/h2-5,7H,1H3,(H,8,9,10). The van der Waals surface area contributed by atoms with Gasteiger partial charge in [-0.1, -0.05) is 0 Å². The van der Waals surface area contributed by atoms with Crippen LogP contribution in [0.4, 0.5) is 0 Å². The molecule has 62 valence electrons. The topological polar surface area (TPSA) is 70.2 Å². The quantitative estimate of drug-likeness (QED) is 0.658. The lowest BCUT2D eigenvalue weighted by Crippen LogP contribution is -2.08. The molecule has 0 amide bonds. The van der Waals surface area contributed by atoms with E-state index in [2.05, 4.69) is 4.98 Å². The van der Waals surface area contributed by atoms with Gasteiger partial charge in [0.15, 0.2) is 0 Å². The zero-order valence-electron chi connectivity index (χ0n) is 5.98. The molecule has 0 saturated carbocycles. The van der Waals surface area contributed by atoms with Crippen molar-refractivity contribution in [1.29, 1.82) is 0 Å². The molecule has 1 heterocycles. The van der Waals surface area contributed by atoms with Crippen molar-refractivity contribution in [2.45, 2.75) is 12.2 Å². The Balaban J connectivity index is 2.97. The molecular formula is C6H9NO3S. The third-order valence-electron chi connectivity index (χ3n) is 1.51. The molecule has 0 aromatic carbocycles. The molecule has 5 heteroatoms. The van der Waals surface area contributed by atoms with E-state index in [1.807, 2.05) is 0 Å². The average molecular weight is 175 g/mol. The van der Waals surface area contributed by atoms with Gasteiger partial charge in [-0.3, -0.25) is 4.55 Å². The summed E-state index contributed by atoms with van der Waals surface area (Å²) in [5, 5.41) is -0.877. The first-order chi connectivity index (χ1) is 5.02. The monoisotopic (exact) mass is 175 g/mol. The normalized spacial score (nSPS) is 14.7. The number of aromatic nitrogens is 1. The van der Waals surface area contributed by atoms with E-state index in [0.717, 1.165) is 0 Å². The summed E-state index contributed by atoms with van der Waals surface area (Å²) in [7, 11) is -3.96. The number of nitrogens with one attached hydrogen (secondary N) is 1. The second kappa shape index (κ2) is 2.67. The Bertz CT molecular complexity index is 314. The van der Waals surface area contributed by atoms with Crippen molar-refractivity contribution in [3.8, 4) is 0 Å². The summed E-state index contributed by atoms with van der Waals surface area (Å²) in [6.07, 6.45) is 1.61. The molecule has 4 nitrogen and oxygen atoms in total. The minimum Gasteiger partial charge on any atom is -0.364 e. The summed E-state index contributed by atoms with van der Waals surface area (Å²) < 4.78 is 29.7. The molecule has 0 saturated heterocycles. The first-order valence-electron chi connectivity index (χ1n) is 3.11. The van der Waals surface area contributed by atoms with E-state index >= 15 is 0 Å². The maximum atomic E-state index is 10.6. The number of hydrogen-bond donors (Lipinski definition) is 2. The van der Waals surface area contributed by atoms with Crippen molar-refractivity contribution in [3.05, 3.63) is 24.0 Å². The van der Waals surface area contributed by atoms with Crippen LogP contribution < -0.4 is 0 Å². The van der Waals surface area contributed by atoms with Crippen LogP contribution in [0.25, 0.3) is 0 Å². The highest BCUT2D eigenvalue weighted by molar-refractivity contribution is 7.86. The van der Waals surface area contributed by atoms with E-state index in [-0.39, 0.29) is 0 Å². The van der Waals surface area contributed by atoms with Gasteiger partial charge in [-0.25, -0.2) is 0 Å². The minimum atomic E-state index is -3.96. The summed E-state index contributed by atoms with van der Waals surface area (Å²) in [5.41, 5.74) is 0.493. The fourth-order valence-electron chi connectivity index (χ4n) is 0.758. The molecule has 0 aliphatic rings. The van der Waals surface area contributed by atoms with E-state index in [9.17, 15) is 8.42 Å². The molecule has 11 heavy (non-hydrogen) atoms. The van der Waals surface area contributed by atoms with Gasteiger partial charge in [-0.2, -0.15) is 8.42 Å². The zero-order valence-corrected chi connectivity index (χ0v) is 6.80. The molecule has 1 unspecified atom stereocenters. The Morgan fingerprint density at radius 2 is 2.27 bits per heavy atom. The van der Waals surface area contributed by atoms with Crippen molar-refractivity contribution >= 4 is 10.1 Å². The van der Waals surface area contributed by atoms with Crippen LogP contribution in [0, 0.1) is 0 Å². The van der Waals surface area contributed by atoms with Crippen LogP contribution in [0.5, 0.6) is 0 Å². The summed E-state index contributed by atoms with van der Waals surface area (Å²) >= 11 is 0. The molecule has 0 spiro atoms. The number of hydrogen-bond acceptors (Lipinski definition) is 2. The molecule has 2 N–H and O–H groups in total. The second-order valence-corrected chi connectivity index (χ2v) is 4.02. The Labute approximate surface area is 65.0 Å². The lowest BCUT2D eigenvalue weighted by atomic mass is 10.3. The van der Waals surface area contributed by atoms with Gasteiger partial charge in [-0.05, 0) is 19.1 Å². The smallest absolute Gasteiger partial charge is 0.273 e. The molecule has 0 bridgehead atoms. The fourth-order valence-corrected chi connectivity index (χ4v) is 1.23. The molecule has 0 fully saturated rings. The van der Waals surface area contributed by atoms with Gasteiger partial charge < -0.3 is 4.98 Å². The fraction of sp³-hybridized carbons (Fsp3) is 0.333. The van der Waals surface area contributed by atoms with E-state index in [0.29, 0.717) is 5.69 Å². The van der Waals surface area contributed by atoms with Crippen LogP contribution >= 0.6 is 0 Å². The van der Waals surface area contributed by atoms with Crippen molar-refractivity contribution in [2.75, 3.05) is 0 Å². The molecule has 1 aromatic rings. The maximum absolute atomic E-state index is 10.6. The van der Waals surface area contributed by atoms with E-state index < -0.39 is 15.4 Å². The molecule has 0 aliphatic carbocycles. The summed E-state index contributed by atoms with van der Waals surface area (Å²) in [6.45, 7) is 1.42. The number of aromatic amines is 1. The number of rotatable bonds is 2. The predicted octanol–water partition coefficient (Wildman–Crippen LogP) is 0.964. The molecule has 1 atom stereocenters. The molecular weight excluding hydrogens is 166 g/mol. The zero-order chi connectivity index (χ0) is 8.48. The van der Waals surface area contributed by atoms with Crippen molar-refractivity contribution in [2.24, 2.45) is 0 Å². The summed E-state index contributed by atoms with van der Waals surface area (Å²) in [5.74, 6) is 0. The van der Waals surface area contributed by atoms with Crippen molar-refractivity contribution in [1.82, 2.24) is 4.98 Å². The van der Waals surface area contributed by atoms with Crippen LogP contribution in [0.1, 0.15) is 17.9 Å². The molecule has 1 aromatic heterocycles. The van der Waals surface area contributed by atoms with Gasteiger partial charge in [0.05, 0.1) is 0 Å². The molecule has 1 rings (SSSR count). The SMILES string of the molecule is CC(c1ccc[nH]1)S(=O)(=O)O. The van der Waals surface area contributed by atoms with Gasteiger partial charge in [0, 0.05) is 11.9 Å². The largest absolute Gasteiger partial charge is 0.364 e. The lowest BCUT2D eigenvalue weighted by Gasteiger charge is -2.03. The van der Waals surface area contributed by atoms with Gasteiger partial charge in [-0.15, -0.1) is 0 Å². The maximum Gasteiger partial charge on any atom is 0.273 e. The second-order valence-electron chi connectivity index (χ2n) is 2.28. The first-order valence-corrected chi connectivity index (χ1v) is 4.61. The first kappa shape index (κ1) is 8.29. The van der Waals surface area contributed by atoms with Gasteiger partial charge >= 0.3 is 0 Å². The van der Waals surface area contributed by atoms with E-state index in [4.69, 9.17) is 4.55 Å². The molecule has 0 aliphatic heterocycles. The molecule has 0 radical (unpaired) electrons. The van der Waals surface area contributed by atoms with Gasteiger partial charge in [0.1, 0.15) is 5.25 Å². The highest BCUT2D eigenvalue weighted by atomic mass is 32.2. The van der Waals surface area contributed by atoms with Crippen molar-refractivity contribution in [3.63, 3.8) is 0 Å². The Morgan fingerprint density at radius 3 is 2.64 bits per heavy atom. The highest BCUT2D eigenvalue weighted by Crippen LogP contribution is 2.17. The Kier molecular flexibility index (Phi) is 2.01. The third kappa shape index (κ3) is 1.81. The third-order valence-corrected chi connectivity index (χ3v) is 2.65. The van der Waals surface area contributed by atoms with E-state index in [1.54, 1.807) is 18.3 Å².